The fourth-order valence-corrected chi connectivity index (χ4v) is 4.38. The van der Waals surface area contributed by atoms with Gasteiger partial charge in [0.1, 0.15) is 0 Å². The zero-order valence-corrected chi connectivity index (χ0v) is 19.8. The van der Waals surface area contributed by atoms with Crippen LogP contribution in [0.2, 0.25) is 0 Å². The Morgan fingerprint density at radius 2 is 1.71 bits per heavy atom. The van der Waals surface area contributed by atoms with Crippen molar-refractivity contribution in [3.8, 4) is 11.5 Å². The Morgan fingerprint density at radius 1 is 0.971 bits per heavy atom. The molecule has 1 fully saturated rings. The molecule has 0 unspecified atom stereocenters. The lowest BCUT2D eigenvalue weighted by Gasteiger charge is -2.13. The average molecular weight is 490 g/mol. The van der Waals surface area contributed by atoms with Gasteiger partial charge in [-0.3, -0.25) is 14.5 Å². The Bertz CT molecular complexity index is 1270. The highest BCUT2D eigenvalue weighted by molar-refractivity contribution is 8.18. The van der Waals surface area contributed by atoms with Gasteiger partial charge in [-0.05, 0) is 58.8 Å². The molecule has 8 heteroatoms. The van der Waals surface area contributed by atoms with E-state index in [4.69, 9.17) is 14.6 Å². The Morgan fingerprint density at radius 3 is 2.40 bits per heavy atom. The molecule has 2 amide bonds. The van der Waals surface area contributed by atoms with Crippen LogP contribution in [-0.2, 0) is 17.8 Å². The molecular weight excluding hydrogens is 466 g/mol. The molecule has 1 N–H and O–H groups in total. The Hall–Kier alpha value is -4.04. The summed E-state index contributed by atoms with van der Waals surface area (Å²) in [6, 6.07) is 21.5. The lowest BCUT2D eigenvalue weighted by molar-refractivity contribution is -0.123. The molecule has 1 aliphatic heterocycles. The molecule has 35 heavy (non-hydrogen) atoms. The zero-order chi connectivity index (χ0) is 24.8. The van der Waals surface area contributed by atoms with Gasteiger partial charge in [0.25, 0.3) is 11.1 Å². The first kappa shape index (κ1) is 24.1. The highest BCUT2D eigenvalue weighted by atomic mass is 32.2. The van der Waals surface area contributed by atoms with Crippen molar-refractivity contribution in [1.29, 1.82) is 0 Å². The van der Waals surface area contributed by atoms with E-state index in [2.05, 4.69) is 0 Å². The van der Waals surface area contributed by atoms with Gasteiger partial charge in [-0.1, -0.05) is 48.5 Å². The number of nitrogens with zero attached hydrogens (tertiary/aromatic N) is 1. The number of imide groups is 1. The normalized spacial score (nSPS) is 14.4. The summed E-state index contributed by atoms with van der Waals surface area (Å²) in [7, 11) is 1.55. The van der Waals surface area contributed by atoms with E-state index in [1.54, 1.807) is 43.5 Å². The first-order valence-electron chi connectivity index (χ1n) is 10.9. The van der Waals surface area contributed by atoms with Gasteiger partial charge >= 0.3 is 5.97 Å². The third-order valence-corrected chi connectivity index (χ3v) is 6.30. The topological polar surface area (TPSA) is 93.1 Å². The van der Waals surface area contributed by atoms with E-state index in [0.29, 0.717) is 34.1 Å². The van der Waals surface area contributed by atoms with Crippen molar-refractivity contribution < 1.29 is 29.0 Å². The molecule has 0 radical (unpaired) electrons. The zero-order valence-electron chi connectivity index (χ0n) is 19.0. The van der Waals surface area contributed by atoms with E-state index >= 15 is 0 Å². The number of ether oxygens (including phenoxy) is 2. The number of carbonyl (C=O) groups excluding carboxylic acids is 2. The smallest absolute Gasteiger partial charge is 0.335 e. The molecule has 4 rings (SSSR count). The number of amides is 2. The first-order chi connectivity index (χ1) is 16.9. The second kappa shape index (κ2) is 10.9. The molecule has 0 aliphatic carbocycles. The third-order valence-electron chi connectivity index (χ3n) is 5.39. The quantitative estimate of drug-likeness (QED) is 0.410. The number of hydrogen-bond acceptors (Lipinski definition) is 6. The summed E-state index contributed by atoms with van der Waals surface area (Å²) in [6.07, 6.45) is 2.41. The number of benzene rings is 3. The number of carboxylic acids is 1. The Balaban J connectivity index is 1.43. The van der Waals surface area contributed by atoms with Gasteiger partial charge in [0.2, 0.25) is 0 Å². The van der Waals surface area contributed by atoms with E-state index < -0.39 is 11.9 Å². The summed E-state index contributed by atoms with van der Waals surface area (Å²) >= 11 is 0.865. The predicted molar refractivity (Wildman–Crippen MR) is 134 cm³/mol. The van der Waals surface area contributed by atoms with Gasteiger partial charge in [-0.15, -0.1) is 0 Å². The number of thioether (sulfide) groups is 1. The van der Waals surface area contributed by atoms with Crippen LogP contribution < -0.4 is 9.47 Å². The fourth-order valence-electron chi connectivity index (χ4n) is 3.54. The van der Waals surface area contributed by atoms with Crippen LogP contribution in [0.3, 0.4) is 0 Å². The standard InChI is InChI=1S/C27H23NO6S/c1-33-23-15-20(9-12-22(23)34-14-13-18-5-3-2-4-6-18)16-24-25(29)28(27(32)35-24)17-19-7-10-21(11-8-19)26(30)31/h2-12,15-16H,13-14,17H2,1H3,(H,30,31)/b24-16-. The molecule has 3 aromatic rings. The summed E-state index contributed by atoms with van der Waals surface area (Å²) in [6.45, 7) is 0.561. The van der Waals surface area contributed by atoms with Crippen LogP contribution in [0.5, 0.6) is 11.5 Å². The molecule has 7 nitrogen and oxygen atoms in total. The molecule has 178 valence electrons. The molecular formula is C27H23NO6S. The van der Waals surface area contributed by atoms with Crippen molar-refractivity contribution in [3.63, 3.8) is 0 Å². The van der Waals surface area contributed by atoms with Crippen molar-refractivity contribution in [1.82, 2.24) is 4.90 Å². The highest BCUT2D eigenvalue weighted by Gasteiger charge is 2.35. The molecule has 1 aliphatic rings. The molecule has 0 aromatic heterocycles. The van der Waals surface area contributed by atoms with E-state index in [1.165, 1.54) is 17.7 Å². The van der Waals surface area contributed by atoms with Gasteiger partial charge in [0.05, 0.1) is 30.7 Å². The third kappa shape index (κ3) is 5.91. The SMILES string of the molecule is COc1cc(/C=C2\SC(=O)N(Cc3ccc(C(=O)O)cc3)C2=O)ccc1OCCc1ccccc1. The molecule has 0 bridgehead atoms. The second-order valence-electron chi connectivity index (χ2n) is 7.76. The predicted octanol–water partition coefficient (Wildman–Crippen LogP) is 5.25. The van der Waals surface area contributed by atoms with Crippen LogP contribution in [0.25, 0.3) is 6.08 Å². The maximum atomic E-state index is 12.9. The van der Waals surface area contributed by atoms with Gasteiger partial charge in [-0.25, -0.2) is 4.79 Å². The monoisotopic (exact) mass is 489 g/mol. The van der Waals surface area contributed by atoms with Crippen LogP contribution in [0.15, 0.2) is 77.7 Å². The number of carboxylic acid groups (broad SMARTS) is 1. The number of aromatic carboxylic acids is 1. The van der Waals surface area contributed by atoms with Crippen LogP contribution in [-0.4, -0.2) is 40.8 Å². The Kier molecular flexibility index (Phi) is 7.52. The second-order valence-corrected chi connectivity index (χ2v) is 8.76. The van der Waals surface area contributed by atoms with Crippen LogP contribution in [0, 0.1) is 0 Å². The minimum absolute atomic E-state index is 0.0689. The largest absolute Gasteiger partial charge is 0.493 e. The lowest BCUT2D eigenvalue weighted by atomic mass is 10.1. The molecule has 1 heterocycles. The molecule has 3 aromatic carbocycles. The minimum Gasteiger partial charge on any atom is -0.493 e. The average Bonchev–Trinajstić information content (AvgIpc) is 3.13. The molecule has 1 saturated heterocycles. The summed E-state index contributed by atoms with van der Waals surface area (Å²) < 4.78 is 11.3. The molecule has 0 atom stereocenters. The van der Waals surface area contributed by atoms with Crippen molar-refractivity contribution in [2.24, 2.45) is 0 Å². The van der Waals surface area contributed by atoms with Crippen LogP contribution in [0.1, 0.15) is 27.0 Å². The van der Waals surface area contributed by atoms with E-state index in [-0.39, 0.29) is 17.3 Å². The number of methoxy groups -OCH3 is 1. The van der Waals surface area contributed by atoms with E-state index in [9.17, 15) is 14.4 Å². The highest BCUT2D eigenvalue weighted by Crippen LogP contribution is 2.35. The molecule has 0 spiro atoms. The minimum atomic E-state index is -1.03. The lowest BCUT2D eigenvalue weighted by Crippen LogP contribution is -2.27. The van der Waals surface area contributed by atoms with Crippen LogP contribution in [0.4, 0.5) is 4.79 Å². The van der Waals surface area contributed by atoms with Crippen molar-refractivity contribution in [2.75, 3.05) is 13.7 Å². The van der Waals surface area contributed by atoms with E-state index in [0.717, 1.165) is 23.1 Å². The van der Waals surface area contributed by atoms with Crippen molar-refractivity contribution in [2.45, 2.75) is 13.0 Å². The summed E-state index contributed by atoms with van der Waals surface area (Å²) in [5.74, 6) is -0.304. The maximum absolute atomic E-state index is 12.9. The summed E-state index contributed by atoms with van der Waals surface area (Å²) in [5, 5.41) is 8.64. The number of carbonyl (C=O) groups is 3. The number of rotatable bonds is 9. The molecule has 0 saturated carbocycles. The summed E-state index contributed by atoms with van der Waals surface area (Å²) in [4.78, 5) is 37.8. The van der Waals surface area contributed by atoms with Crippen molar-refractivity contribution in [3.05, 3.63) is 100.0 Å². The van der Waals surface area contributed by atoms with Crippen LogP contribution >= 0.6 is 11.8 Å². The first-order valence-corrected chi connectivity index (χ1v) is 11.7. The summed E-state index contributed by atoms with van der Waals surface area (Å²) in [5.41, 5.74) is 2.69. The van der Waals surface area contributed by atoms with E-state index in [1.807, 2.05) is 30.3 Å². The van der Waals surface area contributed by atoms with Gasteiger partial charge in [0.15, 0.2) is 11.5 Å². The van der Waals surface area contributed by atoms with Gasteiger partial charge in [-0.2, -0.15) is 0 Å². The Labute approximate surface area is 207 Å². The fraction of sp³-hybridized carbons (Fsp3) is 0.148. The van der Waals surface area contributed by atoms with Crippen molar-refractivity contribution >= 4 is 35.0 Å². The number of hydrogen-bond donors (Lipinski definition) is 1. The van der Waals surface area contributed by atoms with Gasteiger partial charge in [0, 0.05) is 6.42 Å². The van der Waals surface area contributed by atoms with Gasteiger partial charge < -0.3 is 14.6 Å². The maximum Gasteiger partial charge on any atom is 0.335 e.